The van der Waals surface area contributed by atoms with E-state index < -0.39 is 0 Å². The summed E-state index contributed by atoms with van der Waals surface area (Å²) in [4.78, 5) is 12.3. The fourth-order valence-electron chi connectivity index (χ4n) is 2.96. The van der Waals surface area contributed by atoms with Crippen LogP contribution in [0.3, 0.4) is 0 Å². The Balaban J connectivity index is 1.86. The molecule has 0 bridgehead atoms. The normalized spacial score (nSPS) is 17.2. The average Bonchev–Trinajstić information content (AvgIpc) is 2.58. The Morgan fingerprint density at radius 1 is 1.27 bits per heavy atom. The van der Waals surface area contributed by atoms with Gasteiger partial charge in [0.2, 0.25) is 5.91 Å². The number of hydrogen-bond acceptors (Lipinski definition) is 3. The number of rotatable bonds is 7. The first-order valence-corrected chi connectivity index (χ1v) is 8.35. The molecule has 122 valence electrons. The number of hydrogen-bond donors (Lipinski definition) is 2. The van der Waals surface area contributed by atoms with Gasteiger partial charge in [-0.2, -0.15) is 0 Å². The molecule has 1 amide bonds. The monoisotopic (exact) mass is 305 g/mol. The number of ether oxygens (including phenoxy) is 1. The maximum atomic E-state index is 12.3. The number of carbonyl (C=O) groups excluding carboxylic acids is 1. The Hall–Kier alpha value is -1.39. The molecule has 1 unspecified atom stereocenters. The minimum atomic E-state index is -0.371. The van der Waals surface area contributed by atoms with Crippen molar-refractivity contribution < 1.29 is 14.6 Å². The van der Waals surface area contributed by atoms with Gasteiger partial charge in [-0.3, -0.25) is 4.79 Å². The summed E-state index contributed by atoms with van der Waals surface area (Å²) in [6.07, 6.45) is 6.36. The summed E-state index contributed by atoms with van der Waals surface area (Å²) in [6, 6.07) is 7.60. The lowest BCUT2D eigenvalue weighted by Gasteiger charge is -2.26. The molecule has 0 aliphatic heterocycles. The third-order valence-electron chi connectivity index (χ3n) is 4.31. The number of nitrogens with one attached hydrogen (secondary N) is 1. The number of aliphatic hydroxyl groups is 1. The van der Waals surface area contributed by atoms with Crippen LogP contribution >= 0.6 is 0 Å². The van der Waals surface area contributed by atoms with Crippen molar-refractivity contribution >= 4 is 5.91 Å². The summed E-state index contributed by atoms with van der Waals surface area (Å²) in [5, 5.41) is 12.3. The van der Waals surface area contributed by atoms with E-state index in [1.54, 1.807) is 0 Å². The average molecular weight is 305 g/mol. The number of aliphatic hydroxyl groups excluding tert-OH is 1. The largest absolute Gasteiger partial charge is 0.392 e. The van der Waals surface area contributed by atoms with Crippen LogP contribution in [0.5, 0.6) is 0 Å². The molecule has 0 saturated heterocycles. The zero-order valence-electron chi connectivity index (χ0n) is 13.4. The van der Waals surface area contributed by atoms with Crippen molar-refractivity contribution in [2.24, 2.45) is 0 Å². The van der Waals surface area contributed by atoms with Gasteiger partial charge in [0.1, 0.15) is 6.10 Å². The van der Waals surface area contributed by atoms with E-state index in [1.165, 1.54) is 19.3 Å². The van der Waals surface area contributed by atoms with Crippen LogP contribution in [0, 0.1) is 0 Å². The van der Waals surface area contributed by atoms with Crippen molar-refractivity contribution in [1.82, 2.24) is 5.32 Å². The van der Waals surface area contributed by atoms with Crippen LogP contribution in [-0.4, -0.2) is 23.2 Å². The molecule has 1 aromatic carbocycles. The first-order valence-electron chi connectivity index (χ1n) is 8.35. The molecule has 0 spiro atoms. The van der Waals surface area contributed by atoms with Crippen molar-refractivity contribution in [1.29, 1.82) is 0 Å². The van der Waals surface area contributed by atoms with Crippen LogP contribution < -0.4 is 5.32 Å². The molecule has 1 aliphatic rings. The van der Waals surface area contributed by atoms with Gasteiger partial charge in [0.25, 0.3) is 0 Å². The standard InChI is InChI=1S/C18H27NO3/c1-2-17(22-16-10-4-3-5-11-16)18(21)19-12-14-8-6-7-9-15(14)13-20/h6-9,16-17,20H,2-5,10-13H2,1H3,(H,19,21). The molecule has 1 fully saturated rings. The van der Waals surface area contributed by atoms with Crippen molar-refractivity contribution in [3.05, 3.63) is 35.4 Å². The highest BCUT2D eigenvalue weighted by Crippen LogP contribution is 2.22. The fraction of sp³-hybridized carbons (Fsp3) is 0.611. The van der Waals surface area contributed by atoms with E-state index in [-0.39, 0.29) is 24.7 Å². The smallest absolute Gasteiger partial charge is 0.249 e. The topological polar surface area (TPSA) is 58.6 Å². The lowest BCUT2D eigenvalue weighted by Crippen LogP contribution is -2.38. The first-order chi connectivity index (χ1) is 10.7. The van der Waals surface area contributed by atoms with E-state index in [4.69, 9.17) is 4.74 Å². The number of carbonyl (C=O) groups is 1. The van der Waals surface area contributed by atoms with Gasteiger partial charge in [-0.15, -0.1) is 0 Å². The number of benzene rings is 1. The summed E-state index contributed by atoms with van der Waals surface area (Å²) in [6.45, 7) is 2.40. The minimum Gasteiger partial charge on any atom is -0.392 e. The second kappa shape index (κ2) is 8.91. The van der Waals surface area contributed by atoms with Crippen molar-refractivity contribution in [2.75, 3.05) is 0 Å². The van der Waals surface area contributed by atoms with Gasteiger partial charge in [0, 0.05) is 6.54 Å². The van der Waals surface area contributed by atoms with E-state index >= 15 is 0 Å². The highest BCUT2D eigenvalue weighted by Gasteiger charge is 2.23. The summed E-state index contributed by atoms with van der Waals surface area (Å²) in [7, 11) is 0. The van der Waals surface area contributed by atoms with Gasteiger partial charge in [-0.1, -0.05) is 50.5 Å². The van der Waals surface area contributed by atoms with Gasteiger partial charge < -0.3 is 15.2 Å². The SMILES string of the molecule is CCC(OC1CCCCC1)C(=O)NCc1ccccc1CO. The zero-order chi connectivity index (χ0) is 15.8. The Labute approximate surface area is 132 Å². The summed E-state index contributed by atoms with van der Waals surface area (Å²) >= 11 is 0. The summed E-state index contributed by atoms with van der Waals surface area (Å²) < 4.78 is 5.99. The van der Waals surface area contributed by atoms with Gasteiger partial charge in [-0.25, -0.2) is 0 Å². The van der Waals surface area contributed by atoms with Gasteiger partial charge >= 0.3 is 0 Å². The second-order valence-electron chi connectivity index (χ2n) is 5.94. The molecule has 4 nitrogen and oxygen atoms in total. The zero-order valence-corrected chi connectivity index (χ0v) is 13.4. The molecule has 0 heterocycles. The molecule has 1 atom stereocenters. The third kappa shape index (κ3) is 4.82. The number of amides is 1. The lowest BCUT2D eigenvalue weighted by molar-refractivity contribution is -0.138. The van der Waals surface area contributed by atoms with E-state index in [0.29, 0.717) is 13.0 Å². The molecule has 2 N–H and O–H groups in total. The Morgan fingerprint density at radius 2 is 1.95 bits per heavy atom. The van der Waals surface area contributed by atoms with Crippen LogP contribution in [-0.2, 0) is 22.7 Å². The Morgan fingerprint density at radius 3 is 2.59 bits per heavy atom. The van der Waals surface area contributed by atoms with Gasteiger partial charge in [-0.05, 0) is 30.4 Å². The molecule has 22 heavy (non-hydrogen) atoms. The van der Waals surface area contributed by atoms with Crippen LogP contribution in [0.1, 0.15) is 56.6 Å². The fourth-order valence-corrected chi connectivity index (χ4v) is 2.96. The van der Waals surface area contributed by atoms with Crippen molar-refractivity contribution in [3.63, 3.8) is 0 Å². The highest BCUT2D eigenvalue weighted by atomic mass is 16.5. The van der Waals surface area contributed by atoms with Crippen LogP contribution in [0.2, 0.25) is 0 Å². The van der Waals surface area contributed by atoms with E-state index in [0.717, 1.165) is 24.0 Å². The molecule has 1 aliphatic carbocycles. The van der Waals surface area contributed by atoms with Gasteiger partial charge in [0.05, 0.1) is 12.7 Å². The van der Waals surface area contributed by atoms with Crippen LogP contribution in [0.25, 0.3) is 0 Å². The van der Waals surface area contributed by atoms with Crippen LogP contribution in [0.4, 0.5) is 0 Å². The molecular formula is C18H27NO3. The molecule has 0 radical (unpaired) electrons. The van der Waals surface area contributed by atoms with E-state index in [1.807, 2.05) is 31.2 Å². The quantitative estimate of drug-likeness (QED) is 0.814. The third-order valence-corrected chi connectivity index (χ3v) is 4.31. The maximum Gasteiger partial charge on any atom is 0.249 e. The Kier molecular flexibility index (Phi) is 6.87. The van der Waals surface area contributed by atoms with Crippen LogP contribution in [0.15, 0.2) is 24.3 Å². The second-order valence-corrected chi connectivity index (χ2v) is 5.94. The molecule has 0 aromatic heterocycles. The molecule has 4 heteroatoms. The minimum absolute atomic E-state index is 0.0121. The Bertz CT molecular complexity index is 469. The molecular weight excluding hydrogens is 278 g/mol. The maximum absolute atomic E-state index is 12.3. The first kappa shape index (κ1) is 17.0. The highest BCUT2D eigenvalue weighted by molar-refractivity contribution is 5.80. The van der Waals surface area contributed by atoms with E-state index in [9.17, 15) is 9.90 Å². The molecule has 2 rings (SSSR count). The lowest BCUT2D eigenvalue weighted by atomic mass is 9.97. The van der Waals surface area contributed by atoms with Crippen molar-refractivity contribution in [3.8, 4) is 0 Å². The summed E-state index contributed by atoms with van der Waals surface area (Å²) in [5.41, 5.74) is 1.80. The predicted octanol–water partition coefficient (Wildman–Crippen LogP) is 2.92. The van der Waals surface area contributed by atoms with Gasteiger partial charge in [0.15, 0.2) is 0 Å². The van der Waals surface area contributed by atoms with Crippen molar-refractivity contribution in [2.45, 2.75) is 70.8 Å². The molecule has 1 aromatic rings. The van der Waals surface area contributed by atoms with E-state index in [2.05, 4.69) is 5.32 Å². The summed E-state index contributed by atoms with van der Waals surface area (Å²) in [5.74, 6) is -0.0548. The molecule has 1 saturated carbocycles. The predicted molar refractivity (Wildman–Crippen MR) is 86.2 cm³/mol.